The summed E-state index contributed by atoms with van der Waals surface area (Å²) in [6.07, 6.45) is 0. The number of primary amides is 1. The monoisotopic (exact) mass is 264 g/mol. The number of carbonyl (C=O) groups is 1. The van der Waals surface area contributed by atoms with Crippen molar-refractivity contribution in [2.24, 2.45) is 5.73 Å². The van der Waals surface area contributed by atoms with Gasteiger partial charge in [0.15, 0.2) is 0 Å². The number of nitrogen functional groups attached to an aromatic ring is 1. The largest absolute Gasteiger partial charge is 0.455 e. The molecule has 2 rings (SSSR count). The van der Waals surface area contributed by atoms with Gasteiger partial charge in [-0.05, 0) is 18.2 Å². The minimum atomic E-state index is -0.762. The lowest BCUT2D eigenvalue weighted by molar-refractivity contribution is 0.100. The molecular weight excluding hydrogens is 254 g/mol. The number of hydrogen-bond donors (Lipinski definition) is 2. The van der Waals surface area contributed by atoms with Crippen molar-refractivity contribution in [2.75, 3.05) is 5.73 Å². The fourth-order valence-electron chi connectivity index (χ4n) is 1.51. The molecule has 2 aromatic rings. The lowest BCUT2D eigenvalue weighted by atomic mass is 10.2. The van der Waals surface area contributed by atoms with E-state index in [1.807, 2.05) is 0 Å². The normalized spacial score (nSPS) is 10.2. The van der Waals surface area contributed by atoms with Crippen LogP contribution in [0.25, 0.3) is 0 Å². The number of carbonyl (C=O) groups excluding carboxylic acids is 1. The summed E-state index contributed by atoms with van der Waals surface area (Å²) in [5.74, 6) is -2.01. The Morgan fingerprint density at radius 1 is 1.05 bits per heavy atom. The van der Waals surface area contributed by atoms with Crippen molar-refractivity contribution in [3.8, 4) is 11.5 Å². The van der Waals surface area contributed by atoms with Gasteiger partial charge in [0.25, 0.3) is 0 Å². The van der Waals surface area contributed by atoms with Gasteiger partial charge in [0.1, 0.15) is 23.1 Å². The van der Waals surface area contributed by atoms with E-state index in [1.165, 1.54) is 18.2 Å². The van der Waals surface area contributed by atoms with E-state index in [9.17, 15) is 13.6 Å². The molecule has 0 aromatic heterocycles. The molecule has 0 atom stereocenters. The van der Waals surface area contributed by atoms with Gasteiger partial charge in [0.05, 0.1) is 5.69 Å². The van der Waals surface area contributed by atoms with Crippen molar-refractivity contribution in [1.82, 2.24) is 0 Å². The Morgan fingerprint density at radius 3 is 2.21 bits per heavy atom. The molecule has 0 radical (unpaired) electrons. The molecule has 98 valence electrons. The minimum absolute atomic E-state index is 0.0315. The van der Waals surface area contributed by atoms with Crippen LogP contribution in [-0.4, -0.2) is 5.91 Å². The Balaban J connectivity index is 2.30. The van der Waals surface area contributed by atoms with Crippen LogP contribution in [0.15, 0.2) is 36.4 Å². The highest BCUT2D eigenvalue weighted by Crippen LogP contribution is 2.29. The van der Waals surface area contributed by atoms with Gasteiger partial charge in [-0.15, -0.1) is 0 Å². The highest BCUT2D eigenvalue weighted by molar-refractivity contribution is 5.94. The Kier molecular flexibility index (Phi) is 3.33. The van der Waals surface area contributed by atoms with E-state index in [0.717, 1.165) is 18.2 Å². The zero-order chi connectivity index (χ0) is 14.0. The highest BCUT2D eigenvalue weighted by atomic mass is 19.1. The summed E-state index contributed by atoms with van der Waals surface area (Å²) in [5, 5.41) is 0. The summed E-state index contributed by atoms with van der Waals surface area (Å²) in [5.41, 5.74) is 11.1. The SMILES string of the molecule is NC(=O)c1ccc(Oc2cc(F)cc(F)c2)c(N)c1. The third kappa shape index (κ3) is 2.98. The van der Waals surface area contributed by atoms with E-state index in [2.05, 4.69) is 0 Å². The molecule has 0 saturated heterocycles. The first-order valence-corrected chi connectivity index (χ1v) is 5.29. The van der Waals surface area contributed by atoms with Crippen molar-refractivity contribution in [2.45, 2.75) is 0 Å². The maximum Gasteiger partial charge on any atom is 0.248 e. The fourth-order valence-corrected chi connectivity index (χ4v) is 1.51. The number of rotatable bonds is 3. The lowest BCUT2D eigenvalue weighted by Crippen LogP contribution is -2.11. The molecule has 0 aliphatic heterocycles. The predicted molar refractivity (Wildman–Crippen MR) is 65.8 cm³/mol. The third-order valence-electron chi connectivity index (χ3n) is 2.36. The zero-order valence-corrected chi connectivity index (χ0v) is 9.69. The van der Waals surface area contributed by atoms with Crippen LogP contribution in [0.4, 0.5) is 14.5 Å². The molecule has 0 unspecified atom stereocenters. The molecular formula is C13H10F2N2O2. The van der Waals surface area contributed by atoms with Gasteiger partial charge in [-0.25, -0.2) is 8.78 Å². The Morgan fingerprint density at radius 2 is 1.68 bits per heavy atom. The molecule has 0 spiro atoms. The van der Waals surface area contributed by atoms with Crippen LogP contribution in [0.3, 0.4) is 0 Å². The summed E-state index contributed by atoms with van der Waals surface area (Å²) in [6.45, 7) is 0. The van der Waals surface area contributed by atoms with E-state index in [1.54, 1.807) is 0 Å². The van der Waals surface area contributed by atoms with E-state index >= 15 is 0 Å². The van der Waals surface area contributed by atoms with E-state index in [-0.39, 0.29) is 22.7 Å². The molecule has 4 N–H and O–H groups in total. The van der Waals surface area contributed by atoms with Crippen LogP contribution >= 0.6 is 0 Å². The average Bonchev–Trinajstić information content (AvgIpc) is 2.30. The van der Waals surface area contributed by atoms with Gasteiger partial charge in [0.2, 0.25) is 5.91 Å². The summed E-state index contributed by atoms with van der Waals surface area (Å²) in [4.78, 5) is 10.9. The Labute approximate surface area is 107 Å². The van der Waals surface area contributed by atoms with Gasteiger partial charge < -0.3 is 16.2 Å². The second-order valence-corrected chi connectivity index (χ2v) is 3.82. The van der Waals surface area contributed by atoms with Gasteiger partial charge in [-0.2, -0.15) is 0 Å². The third-order valence-corrected chi connectivity index (χ3v) is 2.36. The fraction of sp³-hybridized carbons (Fsp3) is 0. The molecule has 1 amide bonds. The van der Waals surface area contributed by atoms with Gasteiger partial charge >= 0.3 is 0 Å². The van der Waals surface area contributed by atoms with Crippen molar-refractivity contribution >= 4 is 11.6 Å². The standard InChI is InChI=1S/C13H10F2N2O2/c14-8-4-9(15)6-10(5-8)19-12-2-1-7(13(17)18)3-11(12)16/h1-6H,16H2,(H2,17,18). The van der Waals surface area contributed by atoms with Crippen LogP contribution in [0, 0.1) is 11.6 Å². The second kappa shape index (κ2) is 4.93. The Hall–Kier alpha value is -2.63. The molecule has 4 nitrogen and oxygen atoms in total. The minimum Gasteiger partial charge on any atom is -0.455 e. The van der Waals surface area contributed by atoms with E-state index < -0.39 is 17.5 Å². The lowest BCUT2D eigenvalue weighted by Gasteiger charge is -2.09. The molecule has 0 heterocycles. The van der Waals surface area contributed by atoms with Gasteiger partial charge in [-0.3, -0.25) is 4.79 Å². The summed E-state index contributed by atoms with van der Waals surface area (Å²) < 4.78 is 31.2. The van der Waals surface area contributed by atoms with Crippen LogP contribution in [0.2, 0.25) is 0 Å². The number of halogens is 2. The predicted octanol–water partition coefficient (Wildman–Crippen LogP) is 2.44. The van der Waals surface area contributed by atoms with Crippen molar-refractivity contribution in [3.63, 3.8) is 0 Å². The maximum absolute atomic E-state index is 13.0. The molecule has 0 fully saturated rings. The number of nitrogens with two attached hydrogens (primary N) is 2. The summed E-state index contributed by atoms with van der Waals surface area (Å²) in [6, 6.07) is 6.90. The number of anilines is 1. The van der Waals surface area contributed by atoms with E-state index in [4.69, 9.17) is 16.2 Å². The maximum atomic E-state index is 13.0. The quantitative estimate of drug-likeness (QED) is 0.836. The van der Waals surface area contributed by atoms with Crippen molar-refractivity contribution in [3.05, 3.63) is 53.6 Å². The first-order valence-electron chi connectivity index (χ1n) is 5.29. The van der Waals surface area contributed by atoms with Crippen LogP contribution in [-0.2, 0) is 0 Å². The average molecular weight is 264 g/mol. The highest BCUT2D eigenvalue weighted by Gasteiger charge is 2.08. The molecule has 2 aromatic carbocycles. The van der Waals surface area contributed by atoms with Crippen molar-refractivity contribution in [1.29, 1.82) is 0 Å². The first-order chi connectivity index (χ1) is 8.95. The number of amides is 1. The molecule has 0 aliphatic rings. The molecule has 0 saturated carbocycles. The molecule has 0 bridgehead atoms. The van der Waals surface area contributed by atoms with Crippen LogP contribution in [0.5, 0.6) is 11.5 Å². The molecule has 6 heteroatoms. The van der Waals surface area contributed by atoms with Gasteiger partial charge in [0, 0.05) is 23.8 Å². The van der Waals surface area contributed by atoms with Crippen molar-refractivity contribution < 1.29 is 18.3 Å². The summed E-state index contributed by atoms with van der Waals surface area (Å²) >= 11 is 0. The molecule has 19 heavy (non-hydrogen) atoms. The second-order valence-electron chi connectivity index (χ2n) is 3.82. The van der Waals surface area contributed by atoms with Crippen LogP contribution < -0.4 is 16.2 Å². The van der Waals surface area contributed by atoms with E-state index in [0.29, 0.717) is 0 Å². The van der Waals surface area contributed by atoms with Gasteiger partial charge in [-0.1, -0.05) is 0 Å². The number of benzene rings is 2. The molecule has 0 aliphatic carbocycles. The first kappa shape index (κ1) is 12.8. The number of ether oxygens (including phenoxy) is 1. The smallest absolute Gasteiger partial charge is 0.248 e. The topological polar surface area (TPSA) is 78.3 Å². The zero-order valence-electron chi connectivity index (χ0n) is 9.69. The van der Waals surface area contributed by atoms with Crippen LogP contribution in [0.1, 0.15) is 10.4 Å². The summed E-state index contributed by atoms with van der Waals surface area (Å²) in [7, 11) is 0. The number of hydrogen-bond acceptors (Lipinski definition) is 3. The Bertz CT molecular complexity index is 624.